The number of aliphatic hydroxyl groups is 1. The first-order chi connectivity index (χ1) is 6.67. The topological polar surface area (TPSA) is 52.6 Å². The highest BCUT2D eigenvalue weighted by Gasteiger charge is 2.47. The lowest BCUT2D eigenvalue weighted by molar-refractivity contribution is -0.135. The van der Waals surface area contributed by atoms with Crippen LogP contribution in [0.5, 0.6) is 0 Å². The fourth-order valence-electron chi connectivity index (χ4n) is 1.92. The van der Waals surface area contributed by atoms with Crippen molar-refractivity contribution in [1.29, 1.82) is 0 Å². The molecule has 1 saturated heterocycles. The van der Waals surface area contributed by atoms with Gasteiger partial charge in [-0.15, -0.1) is 0 Å². The van der Waals surface area contributed by atoms with Crippen LogP contribution >= 0.6 is 0 Å². The van der Waals surface area contributed by atoms with Gasteiger partial charge >= 0.3 is 0 Å². The van der Waals surface area contributed by atoms with Crippen LogP contribution in [-0.4, -0.2) is 46.2 Å². The number of β-amino-alcohol motifs (C(OH)–C–C–N with tert-alkyl or cyclic N) is 1. The van der Waals surface area contributed by atoms with Gasteiger partial charge in [-0.2, -0.15) is 0 Å². The van der Waals surface area contributed by atoms with Gasteiger partial charge in [-0.3, -0.25) is 9.69 Å². The molecular weight excluding hydrogens is 192 g/mol. The number of rotatable bonds is 2. The Morgan fingerprint density at radius 3 is 2.47 bits per heavy atom. The lowest BCUT2D eigenvalue weighted by Gasteiger charge is -2.53. The van der Waals surface area contributed by atoms with E-state index in [0.717, 1.165) is 0 Å². The largest absolute Gasteiger partial charge is 0.392 e. The Morgan fingerprint density at radius 1 is 1.47 bits per heavy atom. The fraction of sp³-hybridized carbons (Fsp3) is 0.909. The lowest BCUT2D eigenvalue weighted by Crippen LogP contribution is -2.72. The van der Waals surface area contributed by atoms with Gasteiger partial charge < -0.3 is 10.4 Å². The average molecular weight is 214 g/mol. The van der Waals surface area contributed by atoms with Crippen LogP contribution < -0.4 is 5.32 Å². The zero-order valence-electron chi connectivity index (χ0n) is 10.3. The molecule has 1 heterocycles. The molecule has 4 heteroatoms. The van der Waals surface area contributed by atoms with E-state index >= 15 is 0 Å². The van der Waals surface area contributed by atoms with Gasteiger partial charge in [0, 0.05) is 12.1 Å². The molecule has 0 aromatic carbocycles. The van der Waals surface area contributed by atoms with Gasteiger partial charge in [0.05, 0.1) is 18.2 Å². The van der Waals surface area contributed by atoms with Crippen LogP contribution in [0.4, 0.5) is 0 Å². The highest BCUT2D eigenvalue weighted by atomic mass is 16.3. The summed E-state index contributed by atoms with van der Waals surface area (Å²) >= 11 is 0. The monoisotopic (exact) mass is 214 g/mol. The Bertz CT molecular complexity index is 259. The molecule has 2 N–H and O–H groups in total. The summed E-state index contributed by atoms with van der Waals surface area (Å²) in [5.74, 6) is 0.0278. The van der Waals surface area contributed by atoms with Gasteiger partial charge in [0.15, 0.2) is 0 Å². The van der Waals surface area contributed by atoms with Crippen LogP contribution in [0.25, 0.3) is 0 Å². The van der Waals surface area contributed by atoms with E-state index in [1.54, 1.807) is 6.92 Å². The second kappa shape index (κ2) is 3.76. The number of hydrogen-bond acceptors (Lipinski definition) is 3. The molecule has 1 amide bonds. The minimum absolute atomic E-state index is 0.0278. The zero-order valence-corrected chi connectivity index (χ0v) is 10.3. The van der Waals surface area contributed by atoms with Crippen molar-refractivity contribution >= 4 is 5.91 Å². The fourth-order valence-corrected chi connectivity index (χ4v) is 1.92. The van der Waals surface area contributed by atoms with Crippen molar-refractivity contribution in [2.24, 2.45) is 0 Å². The minimum atomic E-state index is -0.411. The Morgan fingerprint density at radius 2 is 2.00 bits per heavy atom. The number of hydrogen-bond donors (Lipinski definition) is 2. The molecule has 15 heavy (non-hydrogen) atoms. The summed E-state index contributed by atoms with van der Waals surface area (Å²) in [6, 6.07) is 0. The number of carbonyl (C=O) groups is 1. The van der Waals surface area contributed by atoms with E-state index in [2.05, 4.69) is 19.2 Å². The second-order valence-corrected chi connectivity index (χ2v) is 5.46. The van der Waals surface area contributed by atoms with Crippen LogP contribution in [0.1, 0.15) is 34.6 Å². The molecule has 1 aliphatic rings. The van der Waals surface area contributed by atoms with Crippen molar-refractivity contribution < 1.29 is 9.90 Å². The van der Waals surface area contributed by atoms with Gasteiger partial charge in [0.1, 0.15) is 0 Å². The SMILES string of the molecule is CC(O)CN1CC(=O)NC(C)(C)C1(C)C. The second-order valence-electron chi connectivity index (χ2n) is 5.46. The number of piperazine rings is 1. The minimum Gasteiger partial charge on any atom is -0.392 e. The maximum absolute atomic E-state index is 11.5. The Balaban J connectivity index is 2.89. The Kier molecular flexibility index (Phi) is 3.12. The van der Waals surface area contributed by atoms with E-state index in [-0.39, 0.29) is 17.0 Å². The number of aliphatic hydroxyl groups excluding tert-OH is 1. The normalized spacial score (nSPS) is 27.2. The predicted octanol–water partition coefficient (Wildman–Crippen LogP) is 0.356. The maximum Gasteiger partial charge on any atom is 0.234 e. The van der Waals surface area contributed by atoms with Gasteiger partial charge in [0.25, 0.3) is 0 Å². The summed E-state index contributed by atoms with van der Waals surface area (Å²) in [4.78, 5) is 13.6. The van der Waals surface area contributed by atoms with Crippen LogP contribution in [-0.2, 0) is 4.79 Å². The van der Waals surface area contributed by atoms with Gasteiger partial charge in [-0.1, -0.05) is 0 Å². The molecule has 0 saturated carbocycles. The van der Waals surface area contributed by atoms with E-state index < -0.39 is 6.10 Å². The van der Waals surface area contributed by atoms with Gasteiger partial charge in [-0.05, 0) is 34.6 Å². The Hall–Kier alpha value is -0.610. The average Bonchev–Trinajstić information content (AvgIpc) is 1.98. The number of carbonyl (C=O) groups excluding carboxylic acids is 1. The molecule has 1 fully saturated rings. The predicted molar refractivity (Wildman–Crippen MR) is 59.6 cm³/mol. The van der Waals surface area contributed by atoms with E-state index in [4.69, 9.17) is 0 Å². The number of nitrogens with zero attached hydrogens (tertiary/aromatic N) is 1. The summed E-state index contributed by atoms with van der Waals surface area (Å²) in [6.07, 6.45) is -0.411. The van der Waals surface area contributed by atoms with E-state index in [9.17, 15) is 9.90 Å². The van der Waals surface area contributed by atoms with E-state index in [1.165, 1.54) is 0 Å². The molecule has 1 unspecified atom stereocenters. The van der Waals surface area contributed by atoms with Crippen LogP contribution in [0.15, 0.2) is 0 Å². The van der Waals surface area contributed by atoms with Crippen LogP contribution in [0, 0.1) is 0 Å². The summed E-state index contributed by atoms with van der Waals surface area (Å²) in [7, 11) is 0. The molecule has 0 aromatic heterocycles. The molecule has 0 bridgehead atoms. The van der Waals surface area contributed by atoms with Gasteiger partial charge in [0.2, 0.25) is 5.91 Å². The van der Waals surface area contributed by atoms with Crippen molar-refractivity contribution in [2.75, 3.05) is 13.1 Å². The first kappa shape index (κ1) is 12.5. The van der Waals surface area contributed by atoms with Crippen LogP contribution in [0.3, 0.4) is 0 Å². The third-order valence-corrected chi connectivity index (χ3v) is 3.59. The molecule has 1 aliphatic heterocycles. The van der Waals surface area contributed by atoms with E-state index in [1.807, 2.05) is 18.7 Å². The third-order valence-electron chi connectivity index (χ3n) is 3.59. The van der Waals surface area contributed by atoms with Crippen LogP contribution in [0.2, 0.25) is 0 Å². The van der Waals surface area contributed by atoms with Crippen molar-refractivity contribution in [3.63, 3.8) is 0 Å². The first-order valence-electron chi connectivity index (χ1n) is 5.41. The molecule has 88 valence electrons. The zero-order chi connectivity index (χ0) is 11.9. The Labute approximate surface area is 91.6 Å². The molecule has 0 radical (unpaired) electrons. The molecule has 1 rings (SSSR count). The van der Waals surface area contributed by atoms with Crippen molar-refractivity contribution in [2.45, 2.75) is 51.8 Å². The smallest absolute Gasteiger partial charge is 0.234 e. The van der Waals surface area contributed by atoms with Crippen molar-refractivity contribution in [1.82, 2.24) is 10.2 Å². The summed E-state index contributed by atoms with van der Waals surface area (Å²) in [6.45, 7) is 10.8. The molecule has 0 aliphatic carbocycles. The molecule has 1 atom stereocenters. The highest BCUT2D eigenvalue weighted by molar-refractivity contribution is 5.80. The molecule has 0 aromatic rings. The third kappa shape index (κ3) is 2.32. The number of nitrogens with one attached hydrogen (secondary N) is 1. The summed E-state index contributed by atoms with van der Waals surface area (Å²) in [5, 5.41) is 12.4. The van der Waals surface area contributed by atoms with Crippen molar-refractivity contribution in [3.05, 3.63) is 0 Å². The lowest BCUT2D eigenvalue weighted by atomic mass is 9.79. The molecule has 4 nitrogen and oxygen atoms in total. The summed E-state index contributed by atoms with van der Waals surface area (Å²) < 4.78 is 0. The van der Waals surface area contributed by atoms with E-state index in [0.29, 0.717) is 13.1 Å². The molecule has 0 spiro atoms. The standard InChI is InChI=1S/C11H22N2O2/c1-8(14)6-13-7-9(15)12-10(2,3)11(13,4)5/h8,14H,6-7H2,1-5H3,(H,12,15). The van der Waals surface area contributed by atoms with Crippen molar-refractivity contribution in [3.8, 4) is 0 Å². The van der Waals surface area contributed by atoms with Gasteiger partial charge in [-0.25, -0.2) is 0 Å². The number of amides is 1. The maximum atomic E-state index is 11.5. The summed E-state index contributed by atoms with van der Waals surface area (Å²) in [5.41, 5.74) is -0.435. The quantitative estimate of drug-likeness (QED) is 0.697. The first-order valence-corrected chi connectivity index (χ1v) is 5.41. The molecular formula is C11H22N2O2. The highest BCUT2D eigenvalue weighted by Crippen LogP contribution is 2.30.